The minimum absolute atomic E-state index is 0.595. The number of hydrogen-bond acceptors (Lipinski definition) is 2. The molecule has 4 heteroatoms. The summed E-state index contributed by atoms with van der Waals surface area (Å²) < 4.78 is 6.57. The lowest BCUT2D eigenvalue weighted by Gasteiger charge is -2.09. The van der Waals surface area contributed by atoms with Crippen molar-refractivity contribution in [2.75, 3.05) is 19.8 Å². The molecule has 0 fully saturated rings. The lowest BCUT2D eigenvalue weighted by atomic mass is 10.2. The first-order chi connectivity index (χ1) is 8.09. The monoisotopic (exact) mass is 319 g/mol. The van der Waals surface area contributed by atoms with Crippen LogP contribution in [0.25, 0.3) is 0 Å². The lowest BCUT2D eigenvalue weighted by molar-refractivity contribution is 0.111. The zero-order valence-electron chi connectivity index (χ0n) is 10.3. The second kappa shape index (κ2) is 8.09. The summed E-state index contributed by atoms with van der Waals surface area (Å²) in [5, 5.41) is 4.09. The van der Waals surface area contributed by atoms with Crippen LogP contribution in [0.1, 0.15) is 19.4 Å². The fraction of sp³-hybridized carbons (Fsp3) is 0.538. The van der Waals surface area contributed by atoms with E-state index in [1.165, 1.54) is 5.56 Å². The summed E-state index contributed by atoms with van der Waals surface area (Å²) in [4.78, 5) is 0. The van der Waals surface area contributed by atoms with Crippen molar-refractivity contribution in [1.82, 2.24) is 5.32 Å². The molecule has 0 spiro atoms. The van der Waals surface area contributed by atoms with E-state index in [4.69, 9.17) is 16.3 Å². The molecule has 0 saturated heterocycles. The van der Waals surface area contributed by atoms with Gasteiger partial charge in [-0.2, -0.15) is 0 Å². The topological polar surface area (TPSA) is 21.3 Å². The average molecular weight is 321 g/mol. The maximum atomic E-state index is 5.94. The minimum atomic E-state index is 0.595. The zero-order chi connectivity index (χ0) is 12.7. The van der Waals surface area contributed by atoms with Crippen molar-refractivity contribution in [3.8, 4) is 0 Å². The molecule has 0 amide bonds. The van der Waals surface area contributed by atoms with E-state index in [0.717, 1.165) is 35.8 Å². The first-order valence-corrected chi connectivity index (χ1v) is 6.99. The standard InChI is InChI=1S/C13H19BrClNO/c1-10(2)9-17-6-5-16-8-11-7-12(15)3-4-13(11)14/h3-4,7,10,16H,5-6,8-9H2,1-2H3. The first kappa shape index (κ1) is 15.0. The second-order valence-electron chi connectivity index (χ2n) is 4.38. The van der Waals surface area contributed by atoms with Gasteiger partial charge in [-0.1, -0.05) is 41.4 Å². The van der Waals surface area contributed by atoms with E-state index in [1.807, 2.05) is 18.2 Å². The molecule has 1 aromatic rings. The van der Waals surface area contributed by atoms with Gasteiger partial charge in [0.25, 0.3) is 0 Å². The molecule has 0 aromatic heterocycles. The smallest absolute Gasteiger partial charge is 0.0591 e. The Morgan fingerprint density at radius 1 is 1.41 bits per heavy atom. The predicted molar refractivity (Wildman–Crippen MR) is 76.5 cm³/mol. The van der Waals surface area contributed by atoms with E-state index in [9.17, 15) is 0 Å². The molecule has 2 nitrogen and oxygen atoms in total. The summed E-state index contributed by atoms with van der Waals surface area (Å²) in [7, 11) is 0. The van der Waals surface area contributed by atoms with Gasteiger partial charge < -0.3 is 10.1 Å². The number of nitrogens with one attached hydrogen (secondary N) is 1. The third kappa shape index (κ3) is 6.41. The van der Waals surface area contributed by atoms with Crippen LogP contribution in [0.2, 0.25) is 5.02 Å². The largest absolute Gasteiger partial charge is 0.380 e. The second-order valence-corrected chi connectivity index (χ2v) is 5.67. The van der Waals surface area contributed by atoms with E-state index >= 15 is 0 Å². The summed E-state index contributed by atoms with van der Waals surface area (Å²) >= 11 is 9.44. The SMILES string of the molecule is CC(C)COCCNCc1cc(Cl)ccc1Br. The van der Waals surface area contributed by atoms with Gasteiger partial charge >= 0.3 is 0 Å². The number of ether oxygens (including phenoxy) is 1. The molecule has 0 saturated carbocycles. The molecule has 96 valence electrons. The first-order valence-electron chi connectivity index (χ1n) is 5.82. The van der Waals surface area contributed by atoms with Gasteiger partial charge in [0.2, 0.25) is 0 Å². The van der Waals surface area contributed by atoms with Gasteiger partial charge in [0.1, 0.15) is 0 Å². The predicted octanol–water partition coefficient (Wildman–Crippen LogP) is 3.86. The van der Waals surface area contributed by atoms with Crippen molar-refractivity contribution in [3.05, 3.63) is 33.3 Å². The van der Waals surface area contributed by atoms with Crippen molar-refractivity contribution in [1.29, 1.82) is 0 Å². The van der Waals surface area contributed by atoms with Gasteiger partial charge in [-0.15, -0.1) is 0 Å². The highest BCUT2D eigenvalue weighted by Gasteiger charge is 2.00. The van der Waals surface area contributed by atoms with Crippen molar-refractivity contribution >= 4 is 27.5 Å². The highest BCUT2D eigenvalue weighted by molar-refractivity contribution is 9.10. The molecule has 1 rings (SSSR count). The maximum absolute atomic E-state index is 5.94. The van der Waals surface area contributed by atoms with E-state index in [-0.39, 0.29) is 0 Å². The van der Waals surface area contributed by atoms with Crippen LogP contribution in [0.5, 0.6) is 0 Å². The van der Waals surface area contributed by atoms with Crippen LogP contribution < -0.4 is 5.32 Å². The molecule has 1 aromatic carbocycles. The van der Waals surface area contributed by atoms with Crippen molar-refractivity contribution in [3.63, 3.8) is 0 Å². The van der Waals surface area contributed by atoms with E-state index in [0.29, 0.717) is 5.92 Å². The molecule has 0 heterocycles. The molecule has 0 unspecified atom stereocenters. The third-order valence-corrected chi connectivity index (χ3v) is 3.21. The summed E-state index contributed by atoms with van der Waals surface area (Å²) in [6.07, 6.45) is 0. The van der Waals surface area contributed by atoms with Crippen LogP contribution in [-0.2, 0) is 11.3 Å². The quantitative estimate of drug-likeness (QED) is 0.770. The number of benzene rings is 1. The lowest BCUT2D eigenvalue weighted by Crippen LogP contribution is -2.20. The minimum Gasteiger partial charge on any atom is -0.380 e. The van der Waals surface area contributed by atoms with Crippen LogP contribution in [0.3, 0.4) is 0 Å². The Bertz CT molecular complexity index is 344. The molecule has 0 bridgehead atoms. The molecule has 0 aliphatic carbocycles. The Kier molecular flexibility index (Phi) is 7.12. The van der Waals surface area contributed by atoms with Gasteiger partial charge in [0.05, 0.1) is 6.61 Å². The van der Waals surface area contributed by atoms with Crippen molar-refractivity contribution in [2.24, 2.45) is 5.92 Å². The molecule has 17 heavy (non-hydrogen) atoms. The molecular formula is C13H19BrClNO. The molecule has 0 atom stereocenters. The number of hydrogen-bond donors (Lipinski definition) is 1. The zero-order valence-corrected chi connectivity index (χ0v) is 12.6. The Labute approximate surface area is 117 Å². The molecule has 1 N–H and O–H groups in total. The number of halogens is 2. The van der Waals surface area contributed by atoms with Gasteiger partial charge in [-0.3, -0.25) is 0 Å². The maximum Gasteiger partial charge on any atom is 0.0591 e. The van der Waals surface area contributed by atoms with Crippen LogP contribution in [0, 0.1) is 5.92 Å². The summed E-state index contributed by atoms with van der Waals surface area (Å²) in [6.45, 7) is 7.52. The van der Waals surface area contributed by atoms with E-state index in [2.05, 4.69) is 35.1 Å². The summed E-state index contributed by atoms with van der Waals surface area (Å²) in [5.41, 5.74) is 1.17. The van der Waals surface area contributed by atoms with E-state index < -0.39 is 0 Å². The molecule has 0 radical (unpaired) electrons. The van der Waals surface area contributed by atoms with Crippen molar-refractivity contribution in [2.45, 2.75) is 20.4 Å². The summed E-state index contributed by atoms with van der Waals surface area (Å²) in [5.74, 6) is 0.595. The van der Waals surface area contributed by atoms with Gasteiger partial charge in [0.15, 0.2) is 0 Å². The molecule has 0 aliphatic rings. The fourth-order valence-corrected chi connectivity index (χ4v) is 1.95. The normalized spacial score (nSPS) is 11.1. The molecule has 0 aliphatic heterocycles. The number of rotatable bonds is 7. The molecular weight excluding hydrogens is 302 g/mol. The van der Waals surface area contributed by atoms with E-state index in [1.54, 1.807) is 0 Å². The summed E-state index contributed by atoms with van der Waals surface area (Å²) in [6, 6.07) is 5.81. The van der Waals surface area contributed by atoms with Crippen LogP contribution in [-0.4, -0.2) is 19.8 Å². The Morgan fingerprint density at radius 2 is 2.18 bits per heavy atom. The fourth-order valence-electron chi connectivity index (χ4n) is 1.37. The van der Waals surface area contributed by atoms with Gasteiger partial charge in [-0.05, 0) is 29.7 Å². The Morgan fingerprint density at radius 3 is 2.88 bits per heavy atom. The van der Waals surface area contributed by atoms with Crippen LogP contribution in [0.4, 0.5) is 0 Å². The highest BCUT2D eigenvalue weighted by atomic mass is 79.9. The van der Waals surface area contributed by atoms with Crippen LogP contribution >= 0.6 is 27.5 Å². The highest BCUT2D eigenvalue weighted by Crippen LogP contribution is 2.20. The average Bonchev–Trinajstić information content (AvgIpc) is 2.27. The van der Waals surface area contributed by atoms with Gasteiger partial charge in [-0.25, -0.2) is 0 Å². The van der Waals surface area contributed by atoms with Gasteiger partial charge in [0, 0.05) is 29.2 Å². The Balaban J connectivity index is 2.20. The van der Waals surface area contributed by atoms with Crippen molar-refractivity contribution < 1.29 is 4.74 Å². The third-order valence-electron chi connectivity index (χ3n) is 2.20. The van der Waals surface area contributed by atoms with Crippen LogP contribution in [0.15, 0.2) is 22.7 Å². The Hall–Kier alpha value is -0.0900.